The van der Waals surface area contributed by atoms with Gasteiger partial charge in [-0.05, 0) is 6.42 Å². The van der Waals surface area contributed by atoms with Gasteiger partial charge in [-0.2, -0.15) is 13.2 Å². The number of hydrogen-bond acceptors (Lipinski definition) is 5. The van der Waals surface area contributed by atoms with Crippen molar-refractivity contribution in [3.63, 3.8) is 0 Å². The molecule has 1 rings (SSSR count). The predicted octanol–water partition coefficient (Wildman–Crippen LogP) is -0.174. The Morgan fingerprint density at radius 1 is 1.50 bits per heavy atom. The van der Waals surface area contributed by atoms with Crippen LogP contribution in [0.2, 0.25) is 0 Å². The summed E-state index contributed by atoms with van der Waals surface area (Å²) in [5, 5.41) is 19.1. The number of alkyl halides is 3. The Labute approximate surface area is 89.4 Å². The summed E-state index contributed by atoms with van der Waals surface area (Å²) in [7, 11) is 0. The third-order valence-electron chi connectivity index (χ3n) is 2.32. The molecule has 16 heavy (non-hydrogen) atoms. The molecule has 0 aromatic carbocycles. The van der Waals surface area contributed by atoms with Gasteiger partial charge in [0.1, 0.15) is 0 Å². The maximum atomic E-state index is 11.8. The standard InChI is InChI=1S/C8H12F3NO4/c9-8(10,11)6(14)16-12-3-1-7(15,5-12)2-4-13/h13,15H,1-5H2. The molecule has 1 aliphatic heterocycles. The van der Waals surface area contributed by atoms with E-state index in [0.29, 0.717) is 0 Å². The maximum absolute atomic E-state index is 11.8. The molecule has 1 atom stereocenters. The van der Waals surface area contributed by atoms with Gasteiger partial charge in [0.25, 0.3) is 0 Å². The summed E-state index contributed by atoms with van der Waals surface area (Å²) in [6, 6.07) is 0. The number of hydroxylamine groups is 2. The average molecular weight is 243 g/mol. The van der Waals surface area contributed by atoms with Gasteiger partial charge in [-0.3, -0.25) is 0 Å². The average Bonchev–Trinajstić information content (AvgIpc) is 2.46. The lowest BCUT2D eigenvalue weighted by atomic mass is 10.00. The maximum Gasteiger partial charge on any atom is 0.492 e. The van der Waals surface area contributed by atoms with Gasteiger partial charge in [0.2, 0.25) is 0 Å². The zero-order valence-electron chi connectivity index (χ0n) is 8.33. The smallest absolute Gasteiger partial charge is 0.396 e. The molecule has 1 heterocycles. The van der Waals surface area contributed by atoms with Crippen LogP contribution in [0.5, 0.6) is 0 Å². The molecule has 2 N–H and O–H groups in total. The number of rotatable bonds is 3. The first-order valence-electron chi connectivity index (χ1n) is 4.64. The zero-order chi connectivity index (χ0) is 12.4. The van der Waals surface area contributed by atoms with Crippen molar-refractivity contribution in [2.75, 3.05) is 19.7 Å². The Balaban J connectivity index is 2.46. The molecular formula is C8H12F3NO4. The Hall–Kier alpha value is -0.860. The number of halogens is 3. The second kappa shape index (κ2) is 4.56. The second-order valence-electron chi connectivity index (χ2n) is 3.69. The van der Waals surface area contributed by atoms with Gasteiger partial charge >= 0.3 is 12.1 Å². The third-order valence-corrected chi connectivity index (χ3v) is 2.32. The fourth-order valence-corrected chi connectivity index (χ4v) is 1.48. The summed E-state index contributed by atoms with van der Waals surface area (Å²) in [6.45, 7) is -0.495. The summed E-state index contributed by atoms with van der Waals surface area (Å²) < 4.78 is 35.5. The van der Waals surface area contributed by atoms with Crippen LogP contribution in [0.25, 0.3) is 0 Å². The summed E-state index contributed by atoms with van der Waals surface area (Å²) in [5.41, 5.74) is -1.29. The third kappa shape index (κ3) is 3.32. The van der Waals surface area contributed by atoms with Crippen LogP contribution in [0.3, 0.4) is 0 Å². The Morgan fingerprint density at radius 3 is 2.62 bits per heavy atom. The van der Waals surface area contributed by atoms with Crippen molar-refractivity contribution >= 4 is 5.97 Å². The molecule has 0 radical (unpaired) electrons. The van der Waals surface area contributed by atoms with E-state index < -0.39 is 17.7 Å². The molecule has 0 aliphatic carbocycles. The van der Waals surface area contributed by atoms with Gasteiger partial charge in [-0.1, -0.05) is 0 Å². The first-order valence-corrected chi connectivity index (χ1v) is 4.64. The SMILES string of the molecule is O=C(ON1CCC(O)(CCO)C1)C(F)(F)F. The van der Waals surface area contributed by atoms with Crippen molar-refractivity contribution in [3.05, 3.63) is 0 Å². The van der Waals surface area contributed by atoms with Gasteiger partial charge in [0.05, 0.1) is 12.1 Å². The summed E-state index contributed by atoms with van der Waals surface area (Å²) >= 11 is 0. The van der Waals surface area contributed by atoms with Gasteiger partial charge in [-0.25, -0.2) is 4.79 Å². The van der Waals surface area contributed by atoms with Crippen LogP contribution in [0.1, 0.15) is 12.8 Å². The fraction of sp³-hybridized carbons (Fsp3) is 0.875. The van der Waals surface area contributed by atoms with Crippen LogP contribution < -0.4 is 0 Å². The van der Waals surface area contributed by atoms with Crippen LogP contribution in [0.15, 0.2) is 0 Å². The van der Waals surface area contributed by atoms with E-state index in [9.17, 15) is 23.1 Å². The minimum atomic E-state index is -5.04. The molecule has 1 unspecified atom stereocenters. The normalized spacial score (nSPS) is 27.1. The van der Waals surface area contributed by atoms with E-state index in [1.165, 1.54) is 0 Å². The summed E-state index contributed by atoms with van der Waals surface area (Å²) in [4.78, 5) is 14.5. The van der Waals surface area contributed by atoms with E-state index in [0.717, 1.165) is 5.06 Å². The highest BCUT2D eigenvalue weighted by molar-refractivity contribution is 5.75. The highest BCUT2D eigenvalue weighted by atomic mass is 19.4. The van der Waals surface area contributed by atoms with E-state index in [-0.39, 0.29) is 32.5 Å². The van der Waals surface area contributed by atoms with Crippen molar-refractivity contribution in [1.29, 1.82) is 0 Å². The summed E-state index contributed by atoms with van der Waals surface area (Å²) in [6.07, 6.45) is -4.86. The Bertz CT molecular complexity index is 270. The first-order chi connectivity index (χ1) is 7.27. The highest BCUT2D eigenvalue weighted by Gasteiger charge is 2.45. The molecule has 0 aromatic rings. The minimum absolute atomic E-state index is 0.0122. The number of aliphatic hydroxyl groups excluding tert-OH is 1. The molecule has 5 nitrogen and oxygen atoms in total. The van der Waals surface area contributed by atoms with Gasteiger partial charge in [0.15, 0.2) is 0 Å². The van der Waals surface area contributed by atoms with Crippen molar-refractivity contribution in [3.8, 4) is 0 Å². The predicted molar refractivity (Wildman–Crippen MR) is 45.0 cm³/mol. The molecular weight excluding hydrogens is 231 g/mol. The van der Waals surface area contributed by atoms with E-state index in [4.69, 9.17) is 5.11 Å². The van der Waals surface area contributed by atoms with E-state index in [2.05, 4.69) is 4.84 Å². The zero-order valence-corrected chi connectivity index (χ0v) is 8.33. The molecule has 1 saturated heterocycles. The van der Waals surface area contributed by atoms with Crippen LogP contribution in [-0.2, 0) is 9.63 Å². The topological polar surface area (TPSA) is 70.0 Å². The van der Waals surface area contributed by atoms with Crippen LogP contribution >= 0.6 is 0 Å². The lowest BCUT2D eigenvalue weighted by Gasteiger charge is -2.21. The van der Waals surface area contributed by atoms with E-state index in [1.807, 2.05) is 0 Å². The Kier molecular flexibility index (Phi) is 3.76. The molecule has 0 bridgehead atoms. The largest absolute Gasteiger partial charge is 0.492 e. The van der Waals surface area contributed by atoms with E-state index >= 15 is 0 Å². The number of carbonyl (C=O) groups is 1. The van der Waals surface area contributed by atoms with Crippen molar-refractivity contribution in [2.24, 2.45) is 0 Å². The first kappa shape index (κ1) is 13.2. The van der Waals surface area contributed by atoms with Crippen LogP contribution in [0.4, 0.5) is 13.2 Å². The molecule has 0 aromatic heterocycles. The van der Waals surface area contributed by atoms with Crippen molar-refractivity contribution in [1.82, 2.24) is 5.06 Å². The minimum Gasteiger partial charge on any atom is -0.396 e. The van der Waals surface area contributed by atoms with Gasteiger partial charge in [-0.15, -0.1) is 5.06 Å². The number of carbonyl (C=O) groups excluding carboxylic acids is 1. The molecule has 0 spiro atoms. The van der Waals surface area contributed by atoms with Crippen molar-refractivity contribution < 1.29 is 33.0 Å². The number of aliphatic hydroxyl groups is 2. The number of nitrogens with zero attached hydrogens (tertiary/aromatic N) is 1. The van der Waals surface area contributed by atoms with Gasteiger partial charge < -0.3 is 15.1 Å². The van der Waals surface area contributed by atoms with Gasteiger partial charge in [0, 0.05) is 19.6 Å². The fourth-order valence-electron chi connectivity index (χ4n) is 1.48. The highest BCUT2D eigenvalue weighted by Crippen LogP contribution is 2.26. The van der Waals surface area contributed by atoms with Crippen LogP contribution in [-0.4, -0.2) is 52.7 Å². The quantitative estimate of drug-likeness (QED) is 0.720. The molecule has 1 aliphatic rings. The number of hydrogen-bond donors (Lipinski definition) is 2. The van der Waals surface area contributed by atoms with Crippen LogP contribution in [0, 0.1) is 0 Å². The monoisotopic (exact) mass is 243 g/mol. The second-order valence-corrected chi connectivity index (χ2v) is 3.69. The molecule has 94 valence electrons. The molecule has 1 fully saturated rings. The Morgan fingerprint density at radius 2 is 2.12 bits per heavy atom. The number of β-amino-alcohol motifs (C(OH)–C–C–N with tert-alkyl or cyclic N) is 1. The molecule has 0 saturated carbocycles. The van der Waals surface area contributed by atoms with E-state index in [1.54, 1.807) is 0 Å². The molecule has 0 amide bonds. The summed E-state index contributed by atoms with van der Waals surface area (Å²) in [5.74, 6) is -2.30. The molecule has 8 heteroatoms. The van der Waals surface area contributed by atoms with Crippen molar-refractivity contribution in [2.45, 2.75) is 24.6 Å². The lowest BCUT2D eigenvalue weighted by molar-refractivity contribution is -0.237. The lowest BCUT2D eigenvalue weighted by Crippen LogP contribution is -2.37.